The molecule has 1 atom stereocenters. The summed E-state index contributed by atoms with van der Waals surface area (Å²) in [5.41, 5.74) is 9.25. The van der Waals surface area contributed by atoms with E-state index in [2.05, 4.69) is 9.68 Å². The summed E-state index contributed by atoms with van der Waals surface area (Å²) >= 11 is 0. The van der Waals surface area contributed by atoms with Gasteiger partial charge in [0.15, 0.2) is 0 Å². The highest BCUT2D eigenvalue weighted by molar-refractivity contribution is 6.49. The van der Waals surface area contributed by atoms with E-state index in [0.29, 0.717) is 11.1 Å². The van der Waals surface area contributed by atoms with Crippen molar-refractivity contribution >= 4 is 11.5 Å². The van der Waals surface area contributed by atoms with Crippen molar-refractivity contribution in [3.63, 3.8) is 0 Å². The van der Waals surface area contributed by atoms with E-state index in [9.17, 15) is 4.79 Å². The van der Waals surface area contributed by atoms with Crippen LogP contribution in [0.4, 0.5) is 0 Å². The van der Waals surface area contributed by atoms with Crippen LogP contribution in [0.2, 0.25) is 0 Å². The lowest BCUT2D eigenvalue weighted by Crippen LogP contribution is -2.38. The summed E-state index contributed by atoms with van der Waals surface area (Å²) in [6.45, 7) is 0. The third-order valence-corrected chi connectivity index (χ3v) is 2.57. The van der Waals surface area contributed by atoms with Crippen LogP contribution in [0.1, 0.15) is 11.1 Å². The number of methoxy groups -OCH3 is 1. The third kappa shape index (κ3) is 1.09. The van der Waals surface area contributed by atoms with Crippen LogP contribution < -0.4 is 0 Å². The summed E-state index contributed by atoms with van der Waals surface area (Å²) in [4.78, 5) is 18.9. The predicted molar refractivity (Wildman–Crippen MR) is 51.6 cm³/mol. The fourth-order valence-electron chi connectivity index (χ4n) is 1.81. The number of fused-ring (bicyclic) bond motifs is 1. The molecule has 1 aliphatic rings. The Morgan fingerprint density at radius 1 is 1.44 bits per heavy atom. The fourth-order valence-corrected chi connectivity index (χ4v) is 1.81. The number of hydrogen-bond acceptors (Lipinski definition) is 4. The van der Waals surface area contributed by atoms with Gasteiger partial charge in [0.2, 0.25) is 0 Å². The average molecular weight is 220 g/mol. The molecule has 0 amide bonds. The zero-order valence-electron chi connectivity index (χ0n) is 8.38. The van der Waals surface area contributed by atoms with Crippen molar-refractivity contribution < 1.29 is 24.5 Å². The number of Topliss-reactive ketones (excluding diaryl/α,β-unsaturated/α-hetero) is 1. The Labute approximate surface area is 90.6 Å². The Morgan fingerprint density at radius 3 is 2.69 bits per heavy atom. The van der Waals surface area contributed by atoms with Gasteiger partial charge in [0.25, 0.3) is 5.79 Å². The Bertz CT molecular complexity index is 501. The lowest BCUT2D eigenvalue weighted by atomic mass is 10.1. The van der Waals surface area contributed by atoms with E-state index >= 15 is 0 Å². The lowest BCUT2D eigenvalue weighted by molar-refractivity contribution is -0.384. The molecule has 0 radical (unpaired) electrons. The summed E-state index contributed by atoms with van der Waals surface area (Å²) in [6, 6.07) is 6.44. The maximum atomic E-state index is 11.9. The van der Waals surface area contributed by atoms with Crippen molar-refractivity contribution in [1.82, 2.24) is 0 Å². The van der Waals surface area contributed by atoms with Gasteiger partial charge in [-0.3, -0.25) is 4.79 Å². The van der Waals surface area contributed by atoms with Gasteiger partial charge in [-0.2, -0.15) is 9.68 Å². The largest absolute Gasteiger partial charge is 0.371 e. The number of benzene rings is 1. The molecule has 6 nitrogen and oxygen atoms in total. The molecule has 2 rings (SSSR count). The summed E-state index contributed by atoms with van der Waals surface area (Å²) in [5.74, 6) is -2.68. The standard InChI is InChI=1S/C10H8N2O4/c1-15-10(16-14)7-5-3-2-4-6(7)8(12-11)9(10)13/h2-5,14H,1H3. The first-order chi connectivity index (χ1) is 7.71. The molecule has 1 aliphatic carbocycles. The van der Waals surface area contributed by atoms with E-state index in [1.807, 2.05) is 0 Å². The molecule has 1 aromatic rings. The van der Waals surface area contributed by atoms with E-state index in [-0.39, 0.29) is 5.71 Å². The van der Waals surface area contributed by atoms with Gasteiger partial charge < -0.3 is 10.3 Å². The number of hydrogen-bond donors (Lipinski definition) is 1. The highest BCUT2D eigenvalue weighted by atomic mass is 17.1. The fraction of sp³-hybridized carbons (Fsp3) is 0.200. The monoisotopic (exact) mass is 220 g/mol. The molecular weight excluding hydrogens is 212 g/mol. The highest BCUT2D eigenvalue weighted by Crippen LogP contribution is 2.36. The van der Waals surface area contributed by atoms with Crippen LogP contribution in [0, 0.1) is 0 Å². The van der Waals surface area contributed by atoms with Gasteiger partial charge in [-0.05, 0) is 6.07 Å². The molecular formula is C10H8N2O4. The van der Waals surface area contributed by atoms with Crippen molar-refractivity contribution in [3.05, 3.63) is 40.9 Å². The second-order valence-corrected chi connectivity index (χ2v) is 3.24. The minimum atomic E-state index is -1.93. The first kappa shape index (κ1) is 10.7. The van der Waals surface area contributed by atoms with Gasteiger partial charge >= 0.3 is 11.5 Å². The number of carbonyl (C=O) groups excluding carboxylic acids is 1. The summed E-state index contributed by atoms with van der Waals surface area (Å²) < 4.78 is 4.91. The van der Waals surface area contributed by atoms with E-state index in [1.165, 1.54) is 7.11 Å². The van der Waals surface area contributed by atoms with E-state index in [4.69, 9.17) is 15.5 Å². The smallest absolute Gasteiger partial charge is 0.361 e. The number of carbonyl (C=O) groups is 1. The third-order valence-electron chi connectivity index (χ3n) is 2.57. The Morgan fingerprint density at radius 2 is 2.12 bits per heavy atom. The number of ketones is 1. The molecule has 0 bridgehead atoms. The Kier molecular flexibility index (Phi) is 2.41. The van der Waals surface area contributed by atoms with Gasteiger partial charge in [0, 0.05) is 12.7 Å². The van der Waals surface area contributed by atoms with Crippen molar-refractivity contribution in [2.45, 2.75) is 5.79 Å². The van der Waals surface area contributed by atoms with Crippen LogP contribution in [-0.2, 0) is 20.2 Å². The zero-order valence-corrected chi connectivity index (χ0v) is 8.38. The van der Waals surface area contributed by atoms with Gasteiger partial charge in [-0.1, -0.05) is 18.2 Å². The van der Waals surface area contributed by atoms with Crippen LogP contribution in [0.25, 0.3) is 5.53 Å². The van der Waals surface area contributed by atoms with Gasteiger partial charge in [0.05, 0.1) is 5.56 Å². The molecule has 16 heavy (non-hydrogen) atoms. The van der Waals surface area contributed by atoms with Crippen LogP contribution >= 0.6 is 0 Å². The van der Waals surface area contributed by atoms with Crippen molar-refractivity contribution in [1.29, 1.82) is 0 Å². The minimum Gasteiger partial charge on any atom is -0.361 e. The SMILES string of the molecule is COC1(OO)C(=O)C(=[N+]=[N-])c2ccccc21. The van der Waals surface area contributed by atoms with Crippen molar-refractivity contribution in [2.75, 3.05) is 7.11 Å². The molecule has 1 unspecified atom stereocenters. The van der Waals surface area contributed by atoms with Gasteiger partial charge in [-0.15, -0.1) is 0 Å². The van der Waals surface area contributed by atoms with E-state index in [1.54, 1.807) is 24.3 Å². The molecule has 0 heterocycles. The van der Waals surface area contributed by atoms with Gasteiger partial charge in [0.1, 0.15) is 0 Å². The second-order valence-electron chi connectivity index (χ2n) is 3.24. The maximum absolute atomic E-state index is 11.9. The molecule has 0 spiro atoms. The quantitative estimate of drug-likeness (QED) is 0.259. The summed E-state index contributed by atoms with van der Waals surface area (Å²) in [5, 5.41) is 8.86. The molecule has 0 fully saturated rings. The lowest BCUT2D eigenvalue weighted by Gasteiger charge is -2.20. The second kappa shape index (κ2) is 3.62. The number of nitrogens with zero attached hydrogens (tertiary/aromatic N) is 2. The molecule has 0 aromatic heterocycles. The van der Waals surface area contributed by atoms with Crippen LogP contribution in [-0.4, -0.2) is 28.7 Å². The molecule has 82 valence electrons. The van der Waals surface area contributed by atoms with Crippen LogP contribution in [0.3, 0.4) is 0 Å². The molecule has 0 saturated heterocycles. The van der Waals surface area contributed by atoms with E-state index < -0.39 is 11.6 Å². The van der Waals surface area contributed by atoms with Crippen LogP contribution in [0.15, 0.2) is 24.3 Å². The summed E-state index contributed by atoms with van der Waals surface area (Å²) in [6.07, 6.45) is 0. The molecule has 6 heteroatoms. The van der Waals surface area contributed by atoms with Crippen molar-refractivity contribution in [3.8, 4) is 0 Å². The minimum absolute atomic E-state index is 0.202. The van der Waals surface area contributed by atoms with Crippen molar-refractivity contribution in [2.24, 2.45) is 0 Å². The van der Waals surface area contributed by atoms with E-state index in [0.717, 1.165) is 0 Å². The van der Waals surface area contributed by atoms with Crippen LogP contribution in [0.5, 0.6) is 0 Å². The zero-order chi connectivity index (χ0) is 11.8. The van der Waals surface area contributed by atoms with Gasteiger partial charge in [-0.25, -0.2) is 5.26 Å². The Balaban J connectivity index is 2.78. The first-order valence-corrected chi connectivity index (χ1v) is 4.45. The number of rotatable bonds is 2. The predicted octanol–water partition coefficient (Wildman–Crippen LogP) is 0.577. The number of ether oxygens (including phenoxy) is 1. The molecule has 1 N–H and O–H groups in total. The maximum Gasteiger partial charge on any atom is 0.371 e. The molecule has 0 aliphatic heterocycles. The topological polar surface area (TPSA) is 92.2 Å². The first-order valence-electron chi connectivity index (χ1n) is 4.45. The normalized spacial score (nSPS) is 23.1. The summed E-state index contributed by atoms with van der Waals surface area (Å²) in [7, 11) is 1.21. The average Bonchev–Trinajstić information content (AvgIpc) is 2.58. The molecule has 0 saturated carbocycles. The molecule has 1 aromatic carbocycles. The Hall–Kier alpha value is -1.85. The highest BCUT2D eigenvalue weighted by Gasteiger charge is 2.57.